The minimum absolute atomic E-state index is 0.0253. The van der Waals surface area contributed by atoms with Crippen molar-refractivity contribution >= 4 is 5.97 Å². The zero-order valence-corrected chi connectivity index (χ0v) is 13.3. The first-order valence-corrected chi connectivity index (χ1v) is 7.25. The van der Waals surface area contributed by atoms with Crippen LogP contribution in [0.3, 0.4) is 0 Å². The molecule has 0 heterocycles. The fourth-order valence-corrected chi connectivity index (χ4v) is 2.18. The molecule has 2 aromatic rings. The first kappa shape index (κ1) is 16.8. The molecule has 120 valence electrons. The maximum atomic E-state index is 11.6. The average molecular weight is 312 g/mol. The lowest BCUT2D eigenvalue weighted by molar-refractivity contribution is -0.137. The SMILES string of the molecule is C=C(C(=O)OC)C(O)c1cc(C)ccc1OCc1ccccc1. The molecule has 0 aliphatic rings. The zero-order valence-electron chi connectivity index (χ0n) is 13.3. The Hall–Kier alpha value is -2.59. The summed E-state index contributed by atoms with van der Waals surface area (Å²) in [6.45, 7) is 5.88. The number of carbonyl (C=O) groups excluding carboxylic acids is 1. The molecule has 0 saturated carbocycles. The van der Waals surface area contributed by atoms with Crippen molar-refractivity contribution in [3.63, 3.8) is 0 Å². The van der Waals surface area contributed by atoms with E-state index in [4.69, 9.17) is 4.74 Å². The molecule has 0 bridgehead atoms. The lowest BCUT2D eigenvalue weighted by Crippen LogP contribution is -2.13. The van der Waals surface area contributed by atoms with E-state index in [1.165, 1.54) is 7.11 Å². The highest BCUT2D eigenvalue weighted by Gasteiger charge is 2.22. The van der Waals surface area contributed by atoms with Gasteiger partial charge in [-0.1, -0.05) is 48.5 Å². The molecule has 4 heteroatoms. The molecule has 2 aromatic carbocycles. The highest BCUT2D eigenvalue weighted by Crippen LogP contribution is 2.31. The van der Waals surface area contributed by atoms with Crippen LogP contribution in [-0.2, 0) is 16.1 Å². The summed E-state index contributed by atoms with van der Waals surface area (Å²) in [6, 6.07) is 15.2. The molecule has 23 heavy (non-hydrogen) atoms. The van der Waals surface area contributed by atoms with Crippen molar-refractivity contribution in [1.29, 1.82) is 0 Å². The number of aryl methyl sites for hydroxylation is 1. The Morgan fingerprint density at radius 2 is 1.91 bits per heavy atom. The normalized spacial score (nSPS) is 11.6. The van der Waals surface area contributed by atoms with Crippen molar-refractivity contribution in [2.24, 2.45) is 0 Å². The third kappa shape index (κ3) is 4.20. The number of esters is 1. The molecule has 0 radical (unpaired) electrons. The molecule has 0 saturated heterocycles. The largest absolute Gasteiger partial charge is 0.489 e. The second kappa shape index (κ2) is 7.61. The van der Waals surface area contributed by atoms with E-state index in [1.807, 2.05) is 43.3 Å². The third-order valence-electron chi connectivity index (χ3n) is 3.47. The number of ether oxygens (including phenoxy) is 2. The summed E-state index contributed by atoms with van der Waals surface area (Å²) in [5.41, 5.74) is 2.43. The second-order valence-corrected chi connectivity index (χ2v) is 5.23. The summed E-state index contributed by atoms with van der Waals surface area (Å²) in [5, 5.41) is 10.4. The summed E-state index contributed by atoms with van der Waals surface area (Å²) >= 11 is 0. The van der Waals surface area contributed by atoms with E-state index in [0.717, 1.165) is 11.1 Å². The molecule has 0 spiro atoms. The van der Waals surface area contributed by atoms with Crippen LogP contribution in [0.4, 0.5) is 0 Å². The van der Waals surface area contributed by atoms with Gasteiger partial charge in [0.05, 0.1) is 12.7 Å². The Balaban J connectivity index is 2.23. The van der Waals surface area contributed by atoms with Crippen molar-refractivity contribution in [2.45, 2.75) is 19.6 Å². The van der Waals surface area contributed by atoms with E-state index in [9.17, 15) is 9.90 Å². The van der Waals surface area contributed by atoms with E-state index in [-0.39, 0.29) is 5.57 Å². The van der Waals surface area contributed by atoms with Gasteiger partial charge in [0, 0.05) is 5.56 Å². The number of benzene rings is 2. The summed E-state index contributed by atoms with van der Waals surface area (Å²) in [4.78, 5) is 11.6. The van der Waals surface area contributed by atoms with Gasteiger partial charge in [0.2, 0.25) is 0 Å². The van der Waals surface area contributed by atoms with E-state index >= 15 is 0 Å². The summed E-state index contributed by atoms with van der Waals surface area (Å²) in [7, 11) is 1.25. The molecule has 2 rings (SSSR count). The molecular weight excluding hydrogens is 292 g/mol. The van der Waals surface area contributed by atoms with E-state index < -0.39 is 12.1 Å². The van der Waals surface area contributed by atoms with Crippen molar-refractivity contribution in [3.8, 4) is 5.75 Å². The van der Waals surface area contributed by atoms with Crippen molar-refractivity contribution in [2.75, 3.05) is 7.11 Å². The average Bonchev–Trinajstić information content (AvgIpc) is 2.59. The van der Waals surface area contributed by atoms with Crippen molar-refractivity contribution in [1.82, 2.24) is 0 Å². The van der Waals surface area contributed by atoms with Crippen LogP contribution in [0.5, 0.6) is 5.75 Å². The van der Waals surface area contributed by atoms with Crippen LogP contribution in [0.1, 0.15) is 22.8 Å². The maximum absolute atomic E-state index is 11.6. The first-order valence-electron chi connectivity index (χ1n) is 7.25. The van der Waals surface area contributed by atoms with E-state index in [1.54, 1.807) is 12.1 Å². The van der Waals surface area contributed by atoms with Crippen LogP contribution in [0.25, 0.3) is 0 Å². The molecule has 1 N–H and O–H groups in total. The fraction of sp³-hybridized carbons (Fsp3) is 0.211. The van der Waals surface area contributed by atoms with Gasteiger partial charge in [-0.15, -0.1) is 0 Å². The molecule has 0 aromatic heterocycles. The summed E-state index contributed by atoms with van der Waals surface area (Å²) in [6.07, 6.45) is -1.17. The van der Waals surface area contributed by atoms with Gasteiger partial charge >= 0.3 is 5.97 Å². The quantitative estimate of drug-likeness (QED) is 0.656. The number of aliphatic hydroxyl groups excluding tert-OH is 1. The predicted octanol–water partition coefficient (Wildman–Crippen LogP) is 3.34. The van der Waals surface area contributed by atoms with Crippen LogP contribution in [0.2, 0.25) is 0 Å². The minimum Gasteiger partial charge on any atom is -0.489 e. The van der Waals surface area contributed by atoms with Gasteiger partial charge in [-0.2, -0.15) is 0 Å². The van der Waals surface area contributed by atoms with Gasteiger partial charge in [0.1, 0.15) is 18.5 Å². The molecule has 4 nitrogen and oxygen atoms in total. The van der Waals surface area contributed by atoms with Crippen LogP contribution < -0.4 is 4.74 Å². The van der Waals surface area contributed by atoms with E-state index in [0.29, 0.717) is 17.9 Å². The second-order valence-electron chi connectivity index (χ2n) is 5.23. The first-order chi connectivity index (χ1) is 11.0. The number of hydrogen-bond donors (Lipinski definition) is 1. The monoisotopic (exact) mass is 312 g/mol. The number of hydrogen-bond acceptors (Lipinski definition) is 4. The third-order valence-corrected chi connectivity index (χ3v) is 3.47. The molecular formula is C19H20O4. The molecule has 0 aliphatic heterocycles. The number of aliphatic hydroxyl groups is 1. The Morgan fingerprint density at radius 3 is 2.57 bits per heavy atom. The Kier molecular flexibility index (Phi) is 5.55. The zero-order chi connectivity index (χ0) is 16.8. The fourth-order valence-electron chi connectivity index (χ4n) is 2.18. The van der Waals surface area contributed by atoms with Crippen LogP contribution in [0, 0.1) is 6.92 Å². The van der Waals surface area contributed by atoms with Gasteiger partial charge in [0.15, 0.2) is 0 Å². The maximum Gasteiger partial charge on any atom is 0.336 e. The van der Waals surface area contributed by atoms with Crippen molar-refractivity contribution in [3.05, 3.63) is 77.4 Å². The van der Waals surface area contributed by atoms with Gasteiger partial charge in [-0.3, -0.25) is 0 Å². The topological polar surface area (TPSA) is 55.8 Å². The summed E-state index contributed by atoms with van der Waals surface area (Å²) in [5.74, 6) is -0.134. The molecule has 0 fully saturated rings. The van der Waals surface area contributed by atoms with Gasteiger partial charge in [-0.05, 0) is 24.6 Å². The lowest BCUT2D eigenvalue weighted by atomic mass is 10.00. The Labute approximate surface area is 136 Å². The minimum atomic E-state index is -1.17. The van der Waals surface area contributed by atoms with E-state index in [2.05, 4.69) is 11.3 Å². The Bertz CT molecular complexity index is 692. The van der Waals surface area contributed by atoms with Crippen LogP contribution in [-0.4, -0.2) is 18.2 Å². The summed E-state index contributed by atoms with van der Waals surface area (Å²) < 4.78 is 10.4. The lowest BCUT2D eigenvalue weighted by Gasteiger charge is -2.18. The predicted molar refractivity (Wildman–Crippen MR) is 88.1 cm³/mol. The van der Waals surface area contributed by atoms with Gasteiger partial charge in [0.25, 0.3) is 0 Å². The highest BCUT2D eigenvalue weighted by atomic mass is 16.5. The molecule has 0 aliphatic carbocycles. The number of methoxy groups -OCH3 is 1. The number of carbonyl (C=O) groups is 1. The van der Waals surface area contributed by atoms with Crippen molar-refractivity contribution < 1.29 is 19.4 Å². The standard InChI is InChI=1S/C19H20O4/c1-13-9-10-17(23-12-15-7-5-4-6-8-15)16(11-13)18(20)14(2)19(21)22-3/h4-11,18,20H,2,12H2,1,3H3. The van der Waals surface area contributed by atoms with Gasteiger partial charge < -0.3 is 14.6 Å². The smallest absolute Gasteiger partial charge is 0.336 e. The molecule has 0 amide bonds. The number of rotatable bonds is 6. The van der Waals surface area contributed by atoms with Gasteiger partial charge in [-0.25, -0.2) is 4.79 Å². The molecule has 1 atom stereocenters. The van der Waals surface area contributed by atoms with Crippen LogP contribution >= 0.6 is 0 Å². The van der Waals surface area contributed by atoms with Crippen LogP contribution in [0.15, 0.2) is 60.7 Å². The molecule has 1 unspecified atom stereocenters. The highest BCUT2D eigenvalue weighted by molar-refractivity contribution is 5.89. The Morgan fingerprint density at radius 1 is 1.22 bits per heavy atom.